The number of hydrogen-bond acceptors (Lipinski definition) is 4. The van der Waals surface area contributed by atoms with E-state index in [0.717, 1.165) is 6.42 Å². The van der Waals surface area contributed by atoms with Crippen molar-refractivity contribution in [2.75, 3.05) is 20.2 Å². The number of urea groups is 1. The molecule has 0 aromatic carbocycles. The summed E-state index contributed by atoms with van der Waals surface area (Å²) >= 11 is 0. The first kappa shape index (κ1) is 13.1. The van der Waals surface area contributed by atoms with Gasteiger partial charge in [-0.2, -0.15) is 0 Å². The van der Waals surface area contributed by atoms with Gasteiger partial charge in [0, 0.05) is 25.2 Å². The van der Waals surface area contributed by atoms with Gasteiger partial charge in [-0.1, -0.05) is 0 Å². The number of rotatable bonds is 4. The van der Waals surface area contributed by atoms with Gasteiger partial charge < -0.3 is 20.7 Å². The molecule has 2 rings (SSSR count). The molecule has 2 unspecified atom stereocenters. The van der Waals surface area contributed by atoms with E-state index >= 15 is 0 Å². The van der Waals surface area contributed by atoms with Gasteiger partial charge in [-0.3, -0.25) is 4.79 Å². The van der Waals surface area contributed by atoms with Gasteiger partial charge in [0.1, 0.15) is 0 Å². The number of primary amides is 1. The van der Waals surface area contributed by atoms with Crippen molar-refractivity contribution < 1.29 is 14.3 Å². The average Bonchev–Trinajstić information content (AvgIpc) is 3.12. The standard InChI is InChI=1S/C12H21N3O3/c1-18-11(16)5-8-4-10(14-9-2-3-9)7-15(6-8)12(13)17/h8-10,14H,2-7H2,1H3,(H2,13,17). The largest absolute Gasteiger partial charge is 0.469 e. The van der Waals surface area contributed by atoms with Gasteiger partial charge in [-0.05, 0) is 25.2 Å². The summed E-state index contributed by atoms with van der Waals surface area (Å²) in [6.07, 6.45) is 3.65. The number of piperidine rings is 1. The molecule has 1 saturated carbocycles. The first-order valence-electron chi connectivity index (χ1n) is 6.45. The van der Waals surface area contributed by atoms with E-state index in [2.05, 4.69) is 10.1 Å². The Labute approximate surface area is 107 Å². The summed E-state index contributed by atoms with van der Waals surface area (Å²) in [5.41, 5.74) is 5.34. The van der Waals surface area contributed by atoms with Crippen molar-refractivity contribution in [1.82, 2.24) is 10.2 Å². The number of nitrogens with two attached hydrogens (primary N) is 1. The van der Waals surface area contributed by atoms with Crippen molar-refractivity contribution >= 4 is 12.0 Å². The molecule has 18 heavy (non-hydrogen) atoms. The van der Waals surface area contributed by atoms with Crippen LogP contribution in [-0.2, 0) is 9.53 Å². The maximum Gasteiger partial charge on any atom is 0.314 e. The van der Waals surface area contributed by atoms with Crippen LogP contribution in [-0.4, -0.2) is 49.2 Å². The number of hydrogen-bond donors (Lipinski definition) is 2. The molecule has 0 spiro atoms. The van der Waals surface area contributed by atoms with E-state index < -0.39 is 6.03 Å². The van der Waals surface area contributed by atoms with Gasteiger partial charge in [0.15, 0.2) is 0 Å². The number of ether oxygens (including phenoxy) is 1. The fourth-order valence-corrected chi connectivity index (χ4v) is 2.55. The summed E-state index contributed by atoms with van der Waals surface area (Å²) in [5, 5.41) is 3.50. The maximum atomic E-state index is 11.3. The van der Waals surface area contributed by atoms with Crippen LogP contribution in [0.4, 0.5) is 4.79 Å². The van der Waals surface area contributed by atoms with Gasteiger partial charge in [0.05, 0.1) is 13.5 Å². The Balaban J connectivity index is 1.91. The Bertz CT molecular complexity index is 331. The van der Waals surface area contributed by atoms with Crippen molar-refractivity contribution in [3.63, 3.8) is 0 Å². The van der Waals surface area contributed by atoms with E-state index in [0.29, 0.717) is 25.6 Å². The van der Waals surface area contributed by atoms with E-state index in [1.54, 1.807) is 4.90 Å². The molecular formula is C12H21N3O3. The maximum absolute atomic E-state index is 11.3. The number of carbonyl (C=O) groups is 2. The molecule has 1 aliphatic heterocycles. The Morgan fingerprint density at radius 3 is 2.61 bits per heavy atom. The molecule has 0 aromatic rings. The third kappa shape index (κ3) is 3.60. The highest BCUT2D eigenvalue weighted by Crippen LogP contribution is 2.25. The highest BCUT2D eigenvalue weighted by atomic mass is 16.5. The zero-order valence-electron chi connectivity index (χ0n) is 10.7. The predicted octanol–water partition coefficient (Wildman–Crippen LogP) is 0.0707. The number of nitrogens with one attached hydrogen (secondary N) is 1. The molecule has 2 aliphatic rings. The van der Waals surface area contributed by atoms with E-state index in [1.165, 1.54) is 20.0 Å². The van der Waals surface area contributed by atoms with E-state index in [-0.39, 0.29) is 17.9 Å². The molecular weight excluding hydrogens is 234 g/mol. The third-order valence-electron chi connectivity index (χ3n) is 3.58. The molecule has 1 saturated heterocycles. The first-order chi connectivity index (χ1) is 8.58. The van der Waals surface area contributed by atoms with Crippen molar-refractivity contribution in [3.8, 4) is 0 Å². The van der Waals surface area contributed by atoms with Crippen LogP contribution < -0.4 is 11.1 Å². The fraction of sp³-hybridized carbons (Fsp3) is 0.833. The van der Waals surface area contributed by atoms with Crippen LogP contribution in [0.2, 0.25) is 0 Å². The summed E-state index contributed by atoms with van der Waals surface area (Å²) in [6.45, 7) is 1.19. The van der Waals surface area contributed by atoms with Crippen LogP contribution in [0.15, 0.2) is 0 Å². The highest BCUT2D eigenvalue weighted by Gasteiger charge is 2.33. The summed E-state index contributed by atoms with van der Waals surface area (Å²) in [7, 11) is 1.39. The van der Waals surface area contributed by atoms with Crippen molar-refractivity contribution in [2.24, 2.45) is 11.7 Å². The van der Waals surface area contributed by atoms with Crippen molar-refractivity contribution in [1.29, 1.82) is 0 Å². The van der Waals surface area contributed by atoms with E-state index in [9.17, 15) is 9.59 Å². The molecule has 3 N–H and O–H groups in total. The minimum atomic E-state index is -0.410. The normalized spacial score (nSPS) is 27.9. The van der Waals surface area contributed by atoms with Gasteiger partial charge in [-0.25, -0.2) is 4.79 Å². The second-order valence-corrected chi connectivity index (χ2v) is 5.26. The van der Waals surface area contributed by atoms with Crippen LogP contribution >= 0.6 is 0 Å². The molecule has 2 amide bonds. The van der Waals surface area contributed by atoms with Gasteiger partial charge in [0.25, 0.3) is 0 Å². The number of methoxy groups -OCH3 is 1. The average molecular weight is 255 g/mol. The zero-order chi connectivity index (χ0) is 13.1. The first-order valence-corrected chi connectivity index (χ1v) is 6.45. The molecule has 0 bridgehead atoms. The van der Waals surface area contributed by atoms with Crippen molar-refractivity contribution in [3.05, 3.63) is 0 Å². The number of likely N-dealkylation sites (tertiary alicyclic amines) is 1. The third-order valence-corrected chi connectivity index (χ3v) is 3.58. The molecule has 102 valence electrons. The topological polar surface area (TPSA) is 84.7 Å². The predicted molar refractivity (Wildman–Crippen MR) is 65.8 cm³/mol. The summed E-state index contributed by atoms with van der Waals surface area (Å²) in [4.78, 5) is 24.2. The van der Waals surface area contributed by atoms with Crippen molar-refractivity contribution in [2.45, 2.75) is 37.8 Å². The van der Waals surface area contributed by atoms with Crippen LogP contribution in [0.1, 0.15) is 25.7 Å². The lowest BCUT2D eigenvalue weighted by molar-refractivity contribution is -0.142. The molecule has 0 radical (unpaired) electrons. The molecule has 6 nitrogen and oxygen atoms in total. The van der Waals surface area contributed by atoms with Gasteiger partial charge in [-0.15, -0.1) is 0 Å². The number of carbonyl (C=O) groups excluding carboxylic acids is 2. The Morgan fingerprint density at radius 2 is 2.06 bits per heavy atom. The lowest BCUT2D eigenvalue weighted by atomic mass is 9.91. The Hall–Kier alpha value is -1.30. The van der Waals surface area contributed by atoms with Gasteiger partial charge in [0.2, 0.25) is 0 Å². The minimum Gasteiger partial charge on any atom is -0.469 e. The van der Waals surface area contributed by atoms with Crippen LogP contribution in [0.25, 0.3) is 0 Å². The fourth-order valence-electron chi connectivity index (χ4n) is 2.55. The summed E-state index contributed by atoms with van der Waals surface area (Å²) in [6, 6.07) is 0.419. The second kappa shape index (κ2) is 5.56. The quantitative estimate of drug-likeness (QED) is 0.696. The molecule has 2 fully saturated rings. The van der Waals surface area contributed by atoms with E-state index in [1.807, 2.05) is 0 Å². The highest BCUT2D eigenvalue weighted by molar-refractivity contribution is 5.73. The number of esters is 1. The van der Waals surface area contributed by atoms with Gasteiger partial charge >= 0.3 is 12.0 Å². The Morgan fingerprint density at radius 1 is 1.33 bits per heavy atom. The molecule has 6 heteroatoms. The SMILES string of the molecule is COC(=O)CC1CC(NC2CC2)CN(C(N)=O)C1. The lowest BCUT2D eigenvalue weighted by Gasteiger charge is -2.37. The minimum absolute atomic E-state index is 0.134. The van der Waals surface area contributed by atoms with Crippen LogP contribution in [0.3, 0.4) is 0 Å². The Kier molecular flexibility index (Phi) is 4.06. The summed E-state index contributed by atoms with van der Waals surface area (Å²) < 4.78 is 4.68. The monoisotopic (exact) mass is 255 g/mol. The molecule has 0 aromatic heterocycles. The summed E-state index contributed by atoms with van der Waals surface area (Å²) in [5.74, 6) is -0.0913. The zero-order valence-corrected chi connectivity index (χ0v) is 10.7. The number of nitrogens with zero attached hydrogens (tertiary/aromatic N) is 1. The molecule has 1 heterocycles. The second-order valence-electron chi connectivity index (χ2n) is 5.26. The molecule has 1 aliphatic carbocycles. The van der Waals surface area contributed by atoms with E-state index in [4.69, 9.17) is 5.73 Å². The lowest BCUT2D eigenvalue weighted by Crippen LogP contribution is -2.53. The van der Waals surface area contributed by atoms with Crippen LogP contribution in [0, 0.1) is 5.92 Å². The smallest absolute Gasteiger partial charge is 0.314 e. The number of amides is 2. The van der Waals surface area contributed by atoms with Crippen LogP contribution in [0.5, 0.6) is 0 Å². The molecule has 2 atom stereocenters.